The smallest absolute Gasteiger partial charge is 0.259 e. The molecule has 1 N–H and O–H groups in total. The Hall–Kier alpha value is -3.42. The second-order valence-electron chi connectivity index (χ2n) is 5.50. The largest absolute Gasteiger partial charge is 0.290 e. The monoisotopic (exact) mass is 414 g/mol. The topological polar surface area (TPSA) is 139 Å². The molecule has 3 aromatic rings. The molecule has 0 unspecified atom stereocenters. The fourth-order valence-corrected chi connectivity index (χ4v) is 3.15. The van der Waals surface area contributed by atoms with E-state index in [0.29, 0.717) is 5.69 Å². The molecular formula is C17H11ClN6O3S. The summed E-state index contributed by atoms with van der Waals surface area (Å²) < 4.78 is 23.2. The first-order valence-corrected chi connectivity index (χ1v) is 9.93. The predicted octanol–water partition coefficient (Wildman–Crippen LogP) is 2.11. The standard InChI is InChI=1S/C17H11ClN6O3S/c1-28(26,27)10-5-6-11(12(18)8-10)16(25)24-17-22-14(9-19)21-15(23-17)13-4-2-3-7-20-13/h2-8H,1H3,(H,21,22,23,24,25). The molecule has 11 heteroatoms. The summed E-state index contributed by atoms with van der Waals surface area (Å²) in [4.78, 5) is 28.5. The lowest BCUT2D eigenvalue weighted by Gasteiger charge is -2.08. The molecule has 140 valence electrons. The van der Waals surface area contributed by atoms with E-state index >= 15 is 0 Å². The minimum Gasteiger partial charge on any atom is -0.290 e. The zero-order valence-electron chi connectivity index (χ0n) is 14.3. The summed E-state index contributed by atoms with van der Waals surface area (Å²) in [5.74, 6) is -0.932. The van der Waals surface area contributed by atoms with Crippen LogP contribution in [0.15, 0.2) is 47.5 Å². The molecule has 28 heavy (non-hydrogen) atoms. The maximum absolute atomic E-state index is 12.5. The first-order valence-electron chi connectivity index (χ1n) is 7.66. The van der Waals surface area contributed by atoms with E-state index in [9.17, 15) is 13.2 Å². The SMILES string of the molecule is CS(=O)(=O)c1ccc(C(=O)Nc2nc(C#N)nc(-c3ccccn3)n2)c(Cl)c1. The van der Waals surface area contributed by atoms with Gasteiger partial charge in [0.1, 0.15) is 11.8 Å². The Bertz CT molecular complexity index is 1210. The number of rotatable bonds is 4. The molecule has 0 saturated heterocycles. The highest BCUT2D eigenvalue weighted by molar-refractivity contribution is 7.90. The quantitative estimate of drug-likeness (QED) is 0.684. The molecule has 9 nitrogen and oxygen atoms in total. The highest BCUT2D eigenvalue weighted by Crippen LogP contribution is 2.22. The average molecular weight is 415 g/mol. The average Bonchev–Trinajstić information content (AvgIpc) is 2.67. The maximum Gasteiger partial charge on any atom is 0.259 e. The van der Waals surface area contributed by atoms with Crippen molar-refractivity contribution in [2.24, 2.45) is 0 Å². The third-order valence-electron chi connectivity index (χ3n) is 3.47. The number of pyridine rings is 1. The first kappa shape index (κ1) is 19.3. The van der Waals surface area contributed by atoms with Crippen LogP contribution in [0.25, 0.3) is 11.5 Å². The third kappa shape index (κ3) is 4.28. The van der Waals surface area contributed by atoms with Crippen LogP contribution < -0.4 is 5.32 Å². The number of amides is 1. The summed E-state index contributed by atoms with van der Waals surface area (Å²) in [5.41, 5.74) is 0.416. The number of aromatic nitrogens is 4. The number of carbonyl (C=O) groups excluding carboxylic acids is 1. The van der Waals surface area contributed by atoms with Crippen LogP contribution in [0.2, 0.25) is 5.02 Å². The molecule has 0 spiro atoms. The van der Waals surface area contributed by atoms with Crippen molar-refractivity contribution < 1.29 is 13.2 Å². The molecule has 1 amide bonds. The Morgan fingerprint density at radius 1 is 1.18 bits per heavy atom. The number of nitrogens with one attached hydrogen (secondary N) is 1. The fraction of sp³-hybridized carbons (Fsp3) is 0.0588. The summed E-state index contributed by atoms with van der Waals surface area (Å²) in [7, 11) is -3.46. The van der Waals surface area contributed by atoms with E-state index in [2.05, 4.69) is 25.3 Å². The van der Waals surface area contributed by atoms with Gasteiger partial charge in [0, 0.05) is 12.5 Å². The van der Waals surface area contributed by atoms with Gasteiger partial charge in [0.25, 0.3) is 5.91 Å². The first-order chi connectivity index (χ1) is 13.3. The van der Waals surface area contributed by atoms with Crippen molar-refractivity contribution in [1.82, 2.24) is 19.9 Å². The number of nitriles is 1. The van der Waals surface area contributed by atoms with Crippen molar-refractivity contribution >= 4 is 33.3 Å². The number of carbonyl (C=O) groups is 1. The van der Waals surface area contributed by atoms with Gasteiger partial charge in [-0.2, -0.15) is 20.2 Å². The van der Waals surface area contributed by atoms with Crippen molar-refractivity contribution in [2.75, 3.05) is 11.6 Å². The Labute approximate surface area is 165 Å². The van der Waals surface area contributed by atoms with E-state index in [1.165, 1.54) is 24.4 Å². The molecule has 1 aromatic carbocycles. The van der Waals surface area contributed by atoms with Crippen LogP contribution in [-0.4, -0.2) is 40.5 Å². The number of sulfone groups is 1. The minimum absolute atomic E-state index is 0.0154. The number of nitrogens with zero attached hydrogens (tertiary/aromatic N) is 5. The summed E-state index contributed by atoms with van der Waals surface area (Å²) in [6.45, 7) is 0. The molecular weight excluding hydrogens is 404 g/mol. The lowest BCUT2D eigenvalue weighted by Crippen LogP contribution is -2.16. The van der Waals surface area contributed by atoms with Gasteiger partial charge in [-0.15, -0.1) is 0 Å². The number of hydrogen-bond acceptors (Lipinski definition) is 8. The van der Waals surface area contributed by atoms with Crippen LogP contribution in [0.1, 0.15) is 16.2 Å². The molecule has 0 saturated carbocycles. The molecule has 0 aliphatic heterocycles. The number of benzene rings is 1. The van der Waals surface area contributed by atoms with Gasteiger partial charge in [-0.05, 0) is 30.3 Å². The molecule has 0 aliphatic rings. The zero-order chi connectivity index (χ0) is 20.3. The lowest BCUT2D eigenvalue weighted by molar-refractivity contribution is 0.102. The van der Waals surface area contributed by atoms with E-state index in [1.807, 2.05) is 0 Å². The molecule has 0 atom stereocenters. The van der Waals surface area contributed by atoms with Crippen LogP contribution in [-0.2, 0) is 9.84 Å². The molecule has 0 aliphatic carbocycles. The van der Waals surface area contributed by atoms with E-state index in [1.54, 1.807) is 24.3 Å². The van der Waals surface area contributed by atoms with Gasteiger partial charge < -0.3 is 0 Å². The normalized spacial score (nSPS) is 10.9. The van der Waals surface area contributed by atoms with Crippen molar-refractivity contribution in [3.05, 3.63) is 59.0 Å². The van der Waals surface area contributed by atoms with Crippen molar-refractivity contribution in [2.45, 2.75) is 4.90 Å². The van der Waals surface area contributed by atoms with Crippen LogP contribution in [0.5, 0.6) is 0 Å². The molecule has 0 fully saturated rings. The number of anilines is 1. The van der Waals surface area contributed by atoms with Crippen LogP contribution in [0.4, 0.5) is 5.95 Å². The lowest BCUT2D eigenvalue weighted by atomic mass is 10.2. The number of hydrogen-bond donors (Lipinski definition) is 1. The van der Waals surface area contributed by atoms with Crippen LogP contribution in [0.3, 0.4) is 0 Å². The van der Waals surface area contributed by atoms with E-state index < -0.39 is 15.7 Å². The Morgan fingerprint density at radius 2 is 1.96 bits per heavy atom. The summed E-state index contributed by atoms with van der Waals surface area (Å²) in [5, 5.41) is 11.5. The maximum atomic E-state index is 12.5. The second kappa shape index (κ2) is 7.67. The highest BCUT2D eigenvalue weighted by Gasteiger charge is 2.17. The Morgan fingerprint density at radius 3 is 2.57 bits per heavy atom. The zero-order valence-corrected chi connectivity index (χ0v) is 15.9. The van der Waals surface area contributed by atoms with Crippen LogP contribution in [0, 0.1) is 11.3 Å². The van der Waals surface area contributed by atoms with Gasteiger partial charge in [-0.3, -0.25) is 15.1 Å². The third-order valence-corrected chi connectivity index (χ3v) is 4.89. The minimum atomic E-state index is -3.46. The molecule has 2 heterocycles. The fourth-order valence-electron chi connectivity index (χ4n) is 2.17. The Kier molecular flexibility index (Phi) is 5.30. The molecule has 2 aromatic heterocycles. The van der Waals surface area contributed by atoms with E-state index in [0.717, 1.165) is 6.26 Å². The molecule has 0 bridgehead atoms. The molecule has 0 radical (unpaired) electrons. The van der Waals surface area contributed by atoms with Gasteiger partial charge >= 0.3 is 0 Å². The second-order valence-corrected chi connectivity index (χ2v) is 7.92. The number of halogens is 1. The summed E-state index contributed by atoms with van der Waals surface area (Å²) >= 11 is 6.04. The van der Waals surface area contributed by atoms with Crippen LogP contribution >= 0.6 is 11.6 Å². The highest BCUT2D eigenvalue weighted by atomic mass is 35.5. The van der Waals surface area contributed by atoms with Gasteiger partial charge in [-0.1, -0.05) is 17.7 Å². The van der Waals surface area contributed by atoms with Crippen molar-refractivity contribution in [3.8, 4) is 17.6 Å². The van der Waals surface area contributed by atoms with Gasteiger partial charge in [0.05, 0.1) is 15.5 Å². The Balaban J connectivity index is 1.94. The van der Waals surface area contributed by atoms with Gasteiger partial charge in [0.15, 0.2) is 15.7 Å². The summed E-state index contributed by atoms with van der Waals surface area (Å²) in [6.07, 6.45) is 2.57. The molecule has 3 rings (SSSR count). The van der Waals surface area contributed by atoms with Crippen molar-refractivity contribution in [3.63, 3.8) is 0 Å². The predicted molar refractivity (Wildman–Crippen MR) is 100 cm³/mol. The van der Waals surface area contributed by atoms with E-state index in [-0.39, 0.29) is 33.1 Å². The van der Waals surface area contributed by atoms with Gasteiger partial charge in [-0.25, -0.2) is 8.42 Å². The summed E-state index contributed by atoms with van der Waals surface area (Å²) in [6, 6.07) is 10.6. The van der Waals surface area contributed by atoms with E-state index in [4.69, 9.17) is 16.9 Å². The van der Waals surface area contributed by atoms with Gasteiger partial charge in [0.2, 0.25) is 11.8 Å². The van der Waals surface area contributed by atoms with Crippen molar-refractivity contribution in [1.29, 1.82) is 5.26 Å².